The average molecular weight is 440 g/mol. The Morgan fingerprint density at radius 3 is 2.93 bits per heavy atom. The van der Waals surface area contributed by atoms with Gasteiger partial charge in [-0.15, -0.1) is 32.9 Å². The van der Waals surface area contributed by atoms with Gasteiger partial charge in [-0.2, -0.15) is 0 Å². The van der Waals surface area contributed by atoms with Crippen molar-refractivity contribution in [2.45, 2.75) is 17.4 Å². The smallest absolute Gasteiger partial charge is 0.277 e. The number of nitrogens with zero attached hydrogens (tertiary/aromatic N) is 4. The average Bonchev–Trinajstić information content (AvgIpc) is 3.49. The van der Waals surface area contributed by atoms with Crippen molar-refractivity contribution in [3.05, 3.63) is 63.6 Å². The number of aromatic nitrogens is 5. The van der Waals surface area contributed by atoms with Crippen molar-refractivity contribution in [3.8, 4) is 21.9 Å². The fourth-order valence-corrected chi connectivity index (χ4v) is 5.35. The van der Waals surface area contributed by atoms with Gasteiger partial charge >= 0.3 is 0 Å². The first kappa shape index (κ1) is 18.2. The molecule has 0 aliphatic heterocycles. The maximum absolute atomic E-state index is 12.8. The molecule has 1 atom stereocenters. The largest absolute Gasteiger partial charge is 0.411 e. The molecule has 0 aromatic carbocycles. The van der Waals surface area contributed by atoms with Crippen molar-refractivity contribution in [2.75, 3.05) is 0 Å². The van der Waals surface area contributed by atoms with Gasteiger partial charge in [0.05, 0.1) is 16.2 Å². The fraction of sp³-hybridized carbons (Fsp3) is 0.105. The van der Waals surface area contributed by atoms with Crippen LogP contribution < -0.4 is 5.56 Å². The van der Waals surface area contributed by atoms with Gasteiger partial charge < -0.3 is 9.40 Å². The highest BCUT2D eigenvalue weighted by Gasteiger charge is 2.19. The Labute approximate surface area is 176 Å². The number of H-pyrrole nitrogens is 1. The van der Waals surface area contributed by atoms with Crippen LogP contribution in [0.3, 0.4) is 0 Å². The van der Waals surface area contributed by atoms with Gasteiger partial charge in [0.1, 0.15) is 10.7 Å². The minimum atomic E-state index is -0.165. The molecule has 0 fully saturated rings. The van der Waals surface area contributed by atoms with E-state index in [4.69, 9.17) is 4.42 Å². The predicted octanol–water partition coefficient (Wildman–Crippen LogP) is 5.01. The van der Waals surface area contributed by atoms with Gasteiger partial charge in [0.2, 0.25) is 5.89 Å². The summed E-state index contributed by atoms with van der Waals surface area (Å²) in [6, 6.07) is 7.65. The van der Waals surface area contributed by atoms with Crippen LogP contribution in [0.4, 0.5) is 0 Å². The molecule has 0 aliphatic rings. The summed E-state index contributed by atoms with van der Waals surface area (Å²) in [7, 11) is 0. The lowest BCUT2D eigenvalue weighted by molar-refractivity contribution is 0.464. The molecular formula is C19H13N5O2S3. The summed E-state index contributed by atoms with van der Waals surface area (Å²) in [5.41, 5.74) is 1.55. The van der Waals surface area contributed by atoms with E-state index in [0.29, 0.717) is 22.3 Å². The van der Waals surface area contributed by atoms with Gasteiger partial charge in [-0.25, -0.2) is 4.98 Å². The highest BCUT2D eigenvalue weighted by atomic mass is 32.2. The minimum Gasteiger partial charge on any atom is -0.411 e. The molecule has 10 heteroatoms. The molecular weight excluding hydrogens is 426 g/mol. The molecule has 0 unspecified atom stereocenters. The molecule has 5 rings (SSSR count). The molecule has 0 bridgehead atoms. The topological polar surface area (TPSA) is 97.6 Å². The maximum Gasteiger partial charge on any atom is 0.277 e. The van der Waals surface area contributed by atoms with Crippen LogP contribution in [0, 0.1) is 0 Å². The molecule has 0 aliphatic carbocycles. The van der Waals surface area contributed by atoms with Crippen LogP contribution in [0.25, 0.3) is 32.1 Å². The molecule has 7 nitrogen and oxygen atoms in total. The van der Waals surface area contributed by atoms with Gasteiger partial charge in [-0.05, 0) is 30.5 Å². The SMILES string of the molecule is C[C@H](Sc1nnc(-c2cccnc2)o1)c1nc2scc(-c3cccs3)c2c(=O)[nH]1. The number of rotatable bonds is 5. The third-order valence-corrected chi connectivity index (χ3v) is 6.95. The zero-order valence-corrected chi connectivity index (χ0v) is 17.5. The van der Waals surface area contributed by atoms with Crippen LogP contribution >= 0.6 is 34.4 Å². The third-order valence-electron chi connectivity index (χ3n) is 4.23. The number of nitrogens with one attached hydrogen (secondary N) is 1. The fourth-order valence-electron chi connectivity index (χ4n) is 2.84. The van der Waals surface area contributed by atoms with Gasteiger partial charge in [-0.1, -0.05) is 17.8 Å². The second-order valence-electron chi connectivity index (χ2n) is 6.13. The van der Waals surface area contributed by atoms with Crippen molar-refractivity contribution in [2.24, 2.45) is 0 Å². The van der Waals surface area contributed by atoms with Crippen LogP contribution in [0.1, 0.15) is 18.0 Å². The summed E-state index contributed by atoms with van der Waals surface area (Å²) in [4.78, 5) is 26.2. The molecule has 5 aromatic heterocycles. The Morgan fingerprint density at radius 2 is 2.14 bits per heavy atom. The number of aromatic amines is 1. The summed E-state index contributed by atoms with van der Waals surface area (Å²) in [5.74, 6) is 0.983. The first-order chi connectivity index (χ1) is 14.2. The van der Waals surface area contributed by atoms with Crippen molar-refractivity contribution in [1.82, 2.24) is 25.1 Å². The zero-order chi connectivity index (χ0) is 19.8. The third kappa shape index (κ3) is 3.50. The number of fused-ring (bicyclic) bond motifs is 1. The van der Waals surface area contributed by atoms with Crippen LogP contribution in [0.15, 0.2) is 61.9 Å². The minimum absolute atomic E-state index is 0.135. The molecule has 0 saturated carbocycles. The normalized spacial score (nSPS) is 12.4. The maximum atomic E-state index is 12.8. The van der Waals surface area contributed by atoms with Crippen molar-refractivity contribution < 1.29 is 4.42 Å². The van der Waals surface area contributed by atoms with E-state index >= 15 is 0 Å². The Bertz CT molecular complexity index is 1330. The zero-order valence-electron chi connectivity index (χ0n) is 15.0. The van der Waals surface area contributed by atoms with Crippen molar-refractivity contribution in [1.29, 1.82) is 0 Å². The number of hydrogen-bond acceptors (Lipinski definition) is 9. The second kappa shape index (κ2) is 7.54. The molecule has 5 heterocycles. The van der Waals surface area contributed by atoms with Crippen LogP contribution in [-0.4, -0.2) is 25.1 Å². The second-order valence-corrected chi connectivity index (χ2v) is 9.23. The Balaban J connectivity index is 1.42. The summed E-state index contributed by atoms with van der Waals surface area (Å²) < 4.78 is 5.72. The summed E-state index contributed by atoms with van der Waals surface area (Å²) in [5, 5.41) is 13.0. The molecule has 0 amide bonds. The number of pyridine rings is 1. The lowest BCUT2D eigenvalue weighted by Gasteiger charge is -2.07. The quantitative estimate of drug-likeness (QED) is 0.384. The van der Waals surface area contributed by atoms with E-state index in [2.05, 4.69) is 25.1 Å². The molecule has 5 aromatic rings. The van der Waals surface area contributed by atoms with E-state index in [-0.39, 0.29) is 10.8 Å². The lowest BCUT2D eigenvalue weighted by Crippen LogP contribution is -2.12. The highest BCUT2D eigenvalue weighted by molar-refractivity contribution is 7.99. The Kier molecular flexibility index (Phi) is 4.74. The van der Waals surface area contributed by atoms with Crippen LogP contribution in [-0.2, 0) is 0 Å². The van der Waals surface area contributed by atoms with E-state index in [9.17, 15) is 4.79 Å². The summed E-state index contributed by atoms with van der Waals surface area (Å²) in [6.07, 6.45) is 3.35. The number of thioether (sulfide) groups is 1. The lowest BCUT2D eigenvalue weighted by atomic mass is 10.2. The summed E-state index contributed by atoms with van der Waals surface area (Å²) >= 11 is 4.43. The number of thiophene rings is 2. The van der Waals surface area contributed by atoms with E-state index in [0.717, 1.165) is 20.8 Å². The molecule has 29 heavy (non-hydrogen) atoms. The van der Waals surface area contributed by atoms with Crippen LogP contribution in [0.2, 0.25) is 0 Å². The monoisotopic (exact) mass is 439 g/mol. The first-order valence-electron chi connectivity index (χ1n) is 8.65. The Hall–Kier alpha value is -2.82. The van der Waals surface area contributed by atoms with E-state index in [1.54, 1.807) is 23.7 Å². The van der Waals surface area contributed by atoms with E-state index in [1.165, 1.54) is 23.1 Å². The van der Waals surface area contributed by atoms with Gasteiger partial charge in [0, 0.05) is 28.2 Å². The van der Waals surface area contributed by atoms with Crippen molar-refractivity contribution >= 4 is 44.7 Å². The standard InChI is InChI=1S/C19H13N5O2S3/c1-10(29-19-24-23-17(26-19)11-4-2-6-20-8-11)15-21-16(25)14-12(9-28-18(14)22-15)13-5-3-7-27-13/h2-10H,1H3,(H,21,22,25)/t10-/m0/s1. The molecule has 0 radical (unpaired) electrons. The Morgan fingerprint density at radius 1 is 1.21 bits per heavy atom. The predicted molar refractivity (Wildman–Crippen MR) is 115 cm³/mol. The first-order valence-corrected chi connectivity index (χ1v) is 11.3. The highest BCUT2D eigenvalue weighted by Crippen LogP contribution is 2.36. The number of hydrogen-bond donors (Lipinski definition) is 1. The molecule has 0 spiro atoms. The van der Waals surface area contributed by atoms with Gasteiger partial charge in [0.15, 0.2) is 0 Å². The van der Waals surface area contributed by atoms with Gasteiger partial charge in [0.25, 0.3) is 10.8 Å². The van der Waals surface area contributed by atoms with E-state index < -0.39 is 0 Å². The van der Waals surface area contributed by atoms with E-state index in [1.807, 2.05) is 41.9 Å². The van der Waals surface area contributed by atoms with Crippen molar-refractivity contribution in [3.63, 3.8) is 0 Å². The molecule has 144 valence electrons. The van der Waals surface area contributed by atoms with Gasteiger partial charge in [-0.3, -0.25) is 9.78 Å². The summed E-state index contributed by atoms with van der Waals surface area (Å²) in [6.45, 7) is 1.94. The molecule has 1 N–H and O–H groups in total. The molecule has 0 saturated heterocycles. The van der Waals surface area contributed by atoms with Crippen LogP contribution in [0.5, 0.6) is 0 Å².